The van der Waals surface area contributed by atoms with Crippen molar-refractivity contribution in [1.82, 2.24) is 4.90 Å². The summed E-state index contributed by atoms with van der Waals surface area (Å²) in [5, 5.41) is 0. The molecule has 4 heteroatoms. The highest BCUT2D eigenvalue weighted by Gasteiger charge is 2.33. The number of benzene rings is 1. The van der Waals surface area contributed by atoms with Crippen LogP contribution in [-0.4, -0.2) is 36.9 Å². The Labute approximate surface area is 144 Å². The molecular formula is C20H27NO3. The lowest BCUT2D eigenvalue weighted by molar-refractivity contribution is -0.144. The summed E-state index contributed by atoms with van der Waals surface area (Å²) in [7, 11) is 1.42. The maximum Gasteiger partial charge on any atom is 0.310 e. The standard InChI is InChI=1S/C20H27NO3/c1-5-14(2)12-21-13-17(20(23)24-4)10-18(21)11-19(22)16-8-6-15(3)7-9-16/h6-9,11,14,17H,5,10,12-13H2,1-4H3/b18-11-. The number of rotatable bonds is 6. The van der Waals surface area contributed by atoms with Crippen molar-refractivity contribution in [2.45, 2.75) is 33.6 Å². The zero-order valence-corrected chi connectivity index (χ0v) is 15.0. The molecular weight excluding hydrogens is 302 g/mol. The average molecular weight is 329 g/mol. The summed E-state index contributed by atoms with van der Waals surface area (Å²) in [6, 6.07) is 7.57. The molecule has 0 N–H and O–H groups in total. The van der Waals surface area contributed by atoms with Crippen LogP contribution in [0.5, 0.6) is 0 Å². The highest BCUT2D eigenvalue weighted by molar-refractivity contribution is 6.05. The molecule has 2 rings (SSSR count). The number of methoxy groups -OCH3 is 1. The van der Waals surface area contributed by atoms with Crippen LogP contribution in [0.1, 0.15) is 42.6 Å². The normalized spacial score (nSPS) is 20.2. The summed E-state index contributed by atoms with van der Waals surface area (Å²) in [6.07, 6.45) is 3.33. The summed E-state index contributed by atoms with van der Waals surface area (Å²) in [4.78, 5) is 26.6. The number of aryl methyl sites for hydroxylation is 1. The molecule has 1 heterocycles. The molecule has 1 aromatic rings. The molecule has 1 aliphatic rings. The van der Waals surface area contributed by atoms with E-state index in [4.69, 9.17) is 4.74 Å². The molecule has 0 aromatic heterocycles. The molecule has 0 amide bonds. The van der Waals surface area contributed by atoms with E-state index in [0.717, 1.165) is 24.2 Å². The number of ketones is 1. The molecule has 1 fully saturated rings. The number of esters is 1. The summed E-state index contributed by atoms with van der Waals surface area (Å²) >= 11 is 0. The van der Waals surface area contributed by atoms with Crippen molar-refractivity contribution >= 4 is 11.8 Å². The number of nitrogens with zero attached hydrogens (tertiary/aromatic N) is 1. The van der Waals surface area contributed by atoms with Gasteiger partial charge in [0.2, 0.25) is 0 Å². The number of hydrogen-bond acceptors (Lipinski definition) is 4. The summed E-state index contributed by atoms with van der Waals surface area (Å²) < 4.78 is 4.89. The minimum Gasteiger partial charge on any atom is -0.469 e. The Morgan fingerprint density at radius 3 is 2.58 bits per heavy atom. The van der Waals surface area contributed by atoms with Gasteiger partial charge in [-0.1, -0.05) is 50.1 Å². The smallest absolute Gasteiger partial charge is 0.310 e. The van der Waals surface area contributed by atoms with Gasteiger partial charge in [0.05, 0.1) is 13.0 Å². The Bertz CT molecular complexity index is 618. The molecule has 0 bridgehead atoms. The van der Waals surface area contributed by atoms with Gasteiger partial charge in [-0.25, -0.2) is 0 Å². The van der Waals surface area contributed by atoms with Crippen LogP contribution in [0.25, 0.3) is 0 Å². The lowest BCUT2D eigenvalue weighted by Crippen LogP contribution is -2.27. The monoisotopic (exact) mass is 329 g/mol. The lowest BCUT2D eigenvalue weighted by Gasteiger charge is -2.23. The van der Waals surface area contributed by atoms with E-state index in [0.29, 0.717) is 24.4 Å². The molecule has 2 atom stereocenters. The van der Waals surface area contributed by atoms with E-state index in [2.05, 4.69) is 18.7 Å². The highest BCUT2D eigenvalue weighted by atomic mass is 16.5. The number of hydrogen-bond donors (Lipinski definition) is 0. The summed E-state index contributed by atoms with van der Waals surface area (Å²) in [5.41, 5.74) is 2.75. The summed E-state index contributed by atoms with van der Waals surface area (Å²) in [5.74, 6) is 0.121. The van der Waals surface area contributed by atoms with E-state index < -0.39 is 0 Å². The minimum atomic E-state index is -0.199. The van der Waals surface area contributed by atoms with Gasteiger partial charge in [0.15, 0.2) is 5.78 Å². The fourth-order valence-electron chi connectivity index (χ4n) is 2.95. The average Bonchev–Trinajstić information content (AvgIpc) is 2.97. The topological polar surface area (TPSA) is 46.6 Å². The van der Waals surface area contributed by atoms with Crippen molar-refractivity contribution in [3.63, 3.8) is 0 Å². The first-order chi connectivity index (χ1) is 11.4. The van der Waals surface area contributed by atoms with Gasteiger partial charge in [0.25, 0.3) is 0 Å². The molecule has 2 unspecified atom stereocenters. The quantitative estimate of drug-likeness (QED) is 0.454. The van der Waals surface area contributed by atoms with Crippen molar-refractivity contribution < 1.29 is 14.3 Å². The van der Waals surface area contributed by atoms with Gasteiger partial charge in [0, 0.05) is 36.8 Å². The van der Waals surface area contributed by atoms with Crippen LogP contribution in [0.15, 0.2) is 36.0 Å². The Morgan fingerprint density at radius 1 is 1.33 bits per heavy atom. The van der Waals surface area contributed by atoms with Crippen LogP contribution in [0.4, 0.5) is 0 Å². The molecule has 0 aliphatic carbocycles. The van der Waals surface area contributed by atoms with Crippen LogP contribution >= 0.6 is 0 Å². The number of likely N-dealkylation sites (tertiary alicyclic amines) is 1. The summed E-state index contributed by atoms with van der Waals surface area (Å²) in [6.45, 7) is 7.82. The fourth-order valence-corrected chi connectivity index (χ4v) is 2.95. The Hall–Kier alpha value is -2.10. The zero-order valence-electron chi connectivity index (χ0n) is 15.0. The Kier molecular flexibility index (Phi) is 6.18. The van der Waals surface area contributed by atoms with Crippen LogP contribution in [-0.2, 0) is 9.53 Å². The first-order valence-electron chi connectivity index (χ1n) is 8.59. The lowest BCUT2D eigenvalue weighted by atomic mass is 10.0. The maximum absolute atomic E-state index is 12.5. The van der Waals surface area contributed by atoms with E-state index >= 15 is 0 Å². The Morgan fingerprint density at radius 2 is 2.00 bits per heavy atom. The molecule has 130 valence electrons. The molecule has 1 saturated heterocycles. The molecule has 4 nitrogen and oxygen atoms in total. The van der Waals surface area contributed by atoms with E-state index in [1.807, 2.05) is 31.2 Å². The SMILES string of the molecule is CCC(C)CN1CC(C(=O)OC)C/C1=C/C(=O)c1ccc(C)cc1. The third-order valence-corrected chi connectivity index (χ3v) is 4.70. The number of ether oxygens (including phenoxy) is 1. The largest absolute Gasteiger partial charge is 0.469 e. The van der Waals surface area contributed by atoms with Gasteiger partial charge < -0.3 is 9.64 Å². The second kappa shape index (κ2) is 8.13. The third kappa shape index (κ3) is 4.47. The number of carbonyl (C=O) groups is 2. The van der Waals surface area contributed by atoms with E-state index in [-0.39, 0.29) is 17.7 Å². The molecule has 0 spiro atoms. The fraction of sp³-hybridized carbons (Fsp3) is 0.500. The van der Waals surface area contributed by atoms with Crippen molar-refractivity contribution in [3.05, 3.63) is 47.2 Å². The van der Waals surface area contributed by atoms with Gasteiger partial charge in [-0.2, -0.15) is 0 Å². The first kappa shape index (κ1) is 18.2. The van der Waals surface area contributed by atoms with Gasteiger partial charge in [-0.3, -0.25) is 9.59 Å². The van der Waals surface area contributed by atoms with Gasteiger partial charge >= 0.3 is 5.97 Å². The zero-order chi connectivity index (χ0) is 17.7. The second-order valence-corrected chi connectivity index (χ2v) is 6.71. The van der Waals surface area contributed by atoms with Crippen LogP contribution in [0.2, 0.25) is 0 Å². The van der Waals surface area contributed by atoms with Crippen molar-refractivity contribution in [1.29, 1.82) is 0 Å². The Balaban J connectivity index is 2.20. The van der Waals surface area contributed by atoms with Crippen molar-refractivity contribution in [3.8, 4) is 0 Å². The highest BCUT2D eigenvalue weighted by Crippen LogP contribution is 2.29. The third-order valence-electron chi connectivity index (χ3n) is 4.70. The molecule has 0 saturated carbocycles. The molecule has 0 radical (unpaired) electrons. The minimum absolute atomic E-state index is 0.00957. The second-order valence-electron chi connectivity index (χ2n) is 6.71. The van der Waals surface area contributed by atoms with Gasteiger partial charge in [-0.15, -0.1) is 0 Å². The molecule has 24 heavy (non-hydrogen) atoms. The van der Waals surface area contributed by atoms with Gasteiger partial charge in [-0.05, 0) is 12.8 Å². The van der Waals surface area contributed by atoms with E-state index in [1.165, 1.54) is 7.11 Å². The predicted molar refractivity (Wildman–Crippen MR) is 94.7 cm³/mol. The maximum atomic E-state index is 12.5. The number of carbonyl (C=O) groups excluding carboxylic acids is 2. The van der Waals surface area contributed by atoms with E-state index in [1.54, 1.807) is 6.08 Å². The van der Waals surface area contributed by atoms with Crippen LogP contribution in [0, 0.1) is 18.8 Å². The van der Waals surface area contributed by atoms with Crippen molar-refractivity contribution in [2.24, 2.45) is 11.8 Å². The van der Waals surface area contributed by atoms with Crippen molar-refractivity contribution in [2.75, 3.05) is 20.2 Å². The van der Waals surface area contributed by atoms with Crippen LogP contribution < -0.4 is 0 Å². The van der Waals surface area contributed by atoms with Crippen LogP contribution in [0.3, 0.4) is 0 Å². The first-order valence-corrected chi connectivity index (χ1v) is 8.59. The van der Waals surface area contributed by atoms with E-state index in [9.17, 15) is 9.59 Å². The molecule has 1 aromatic carbocycles. The number of allylic oxidation sites excluding steroid dienone is 2. The van der Waals surface area contributed by atoms with Gasteiger partial charge in [0.1, 0.15) is 0 Å². The molecule has 1 aliphatic heterocycles. The predicted octanol–water partition coefficient (Wildman–Crippen LogP) is 3.60.